The lowest BCUT2D eigenvalue weighted by Crippen LogP contribution is -2.03. The smallest absolute Gasteiger partial charge is 0.117 e. The zero-order valence-electron chi connectivity index (χ0n) is 10.7. The van der Waals surface area contributed by atoms with Crippen molar-refractivity contribution in [2.75, 3.05) is 7.11 Å². The van der Waals surface area contributed by atoms with Crippen molar-refractivity contribution < 1.29 is 4.84 Å². The van der Waals surface area contributed by atoms with Crippen LogP contribution in [0.3, 0.4) is 0 Å². The van der Waals surface area contributed by atoms with Gasteiger partial charge in [-0.15, -0.1) is 11.3 Å². The number of fused-ring (bicyclic) bond motifs is 1. The summed E-state index contributed by atoms with van der Waals surface area (Å²) in [4.78, 5) is 9.26. The monoisotopic (exact) mass is 302 g/mol. The molecule has 1 aromatic heterocycles. The number of benzene rings is 2. The average Bonchev–Trinajstić information content (AvgIpc) is 2.92. The largest absolute Gasteiger partial charge is 0.399 e. The third-order valence-corrected chi connectivity index (χ3v) is 3.91. The standard InChI is InChI=1S/C15H11ClN2OS/c1-19-18-15(10-3-2-4-12(16)7-10)11-5-6-13-14(8-11)20-9-17-13/h2-9H,1H3. The molecule has 0 aliphatic rings. The van der Waals surface area contributed by atoms with E-state index < -0.39 is 0 Å². The first-order chi connectivity index (χ1) is 9.78. The Morgan fingerprint density at radius 1 is 1.20 bits per heavy atom. The summed E-state index contributed by atoms with van der Waals surface area (Å²) in [6.45, 7) is 0. The Kier molecular flexibility index (Phi) is 3.67. The summed E-state index contributed by atoms with van der Waals surface area (Å²) >= 11 is 7.65. The lowest BCUT2D eigenvalue weighted by atomic mass is 10.0. The molecule has 0 N–H and O–H groups in total. The van der Waals surface area contributed by atoms with Crippen LogP contribution in [0.5, 0.6) is 0 Å². The molecule has 5 heteroatoms. The number of oxime groups is 1. The topological polar surface area (TPSA) is 34.5 Å². The molecule has 0 radical (unpaired) electrons. The molecule has 3 aromatic rings. The quantitative estimate of drug-likeness (QED) is 0.532. The van der Waals surface area contributed by atoms with Crippen LogP contribution in [-0.4, -0.2) is 17.8 Å². The number of aromatic nitrogens is 1. The van der Waals surface area contributed by atoms with Gasteiger partial charge in [-0.1, -0.05) is 35.0 Å². The second-order valence-electron chi connectivity index (χ2n) is 4.17. The summed E-state index contributed by atoms with van der Waals surface area (Å²) in [6.07, 6.45) is 0. The minimum atomic E-state index is 0.671. The number of nitrogens with zero attached hydrogens (tertiary/aromatic N) is 2. The lowest BCUT2D eigenvalue weighted by molar-refractivity contribution is 0.214. The van der Waals surface area contributed by atoms with Gasteiger partial charge in [-0.05, 0) is 24.3 Å². The summed E-state index contributed by atoms with van der Waals surface area (Å²) in [5.74, 6) is 0. The summed E-state index contributed by atoms with van der Waals surface area (Å²) in [7, 11) is 1.54. The number of thiazole rings is 1. The SMILES string of the molecule is CON=C(c1cccc(Cl)c1)c1ccc2ncsc2c1. The highest BCUT2D eigenvalue weighted by molar-refractivity contribution is 7.16. The zero-order valence-corrected chi connectivity index (χ0v) is 12.3. The van der Waals surface area contributed by atoms with E-state index >= 15 is 0 Å². The summed E-state index contributed by atoms with van der Waals surface area (Å²) < 4.78 is 1.12. The van der Waals surface area contributed by atoms with Crippen molar-refractivity contribution in [3.63, 3.8) is 0 Å². The third-order valence-electron chi connectivity index (χ3n) is 2.89. The highest BCUT2D eigenvalue weighted by atomic mass is 35.5. The van der Waals surface area contributed by atoms with Gasteiger partial charge in [0.05, 0.1) is 15.7 Å². The third kappa shape index (κ3) is 2.53. The fraction of sp³-hybridized carbons (Fsp3) is 0.0667. The molecule has 0 saturated heterocycles. The van der Waals surface area contributed by atoms with Gasteiger partial charge in [0.15, 0.2) is 0 Å². The van der Waals surface area contributed by atoms with E-state index in [4.69, 9.17) is 16.4 Å². The van der Waals surface area contributed by atoms with Crippen LogP contribution in [0.1, 0.15) is 11.1 Å². The molecule has 2 aromatic carbocycles. The fourth-order valence-corrected chi connectivity index (χ4v) is 2.91. The molecule has 1 heterocycles. The normalized spacial score (nSPS) is 11.8. The van der Waals surface area contributed by atoms with E-state index in [9.17, 15) is 0 Å². The number of hydrogen-bond acceptors (Lipinski definition) is 4. The van der Waals surface area contributed by atoms with E-state index in [-0.39, 0.29) is 0 Å². The van der Waals surface area contributed by atoms with Gasteiger partial charge in [-0.2, -0.15) is 0 Å². The molecule has 0 aliphatic carbocycles. The number of halogens is 1. The molecule has 20 heavy (non-hydrogen) atoms. The van der Waals surface area contributed by atoms with E-state index in [1.807, 2.05) is 41.9 Å². The van der Waals surface area contributed by atoms with E-state index in [2.05, 4.69) is 16.2 Å². The molecule has 0 amide bonds. The molecule has 0 aliphatic heterocycles. The van der Waals surface area contributed by atoms with E-state index in [0.717, 1.165) is 27.1 Å². The van der Waals surface area contributed by atoms with Gasteiger partial charge >= 0.3 is 0 Å². The molecular formula is C15H11ClN2OS. The first-order valence-corrected chi connectivity index (χ1v) is 7.24. The predicted molar refractivity (Wildman–Crippen MR) is 83.7 cm³/mol. The van der Waals surface area contributed by atoms with Crippen molar-refractivity contribution in [3.05, 3.63) is 64.1 Å². The molecule has 0 saturated carbocycles. The lowest BCUT2D eigenvalue weighted by Gasteiger charge is -2.07. The van der Waals surface area contributed by atoms with Crippen molar-refractivity contribution in [2.45, 2.75) is 0 Å². The van der Waals surface area contributed by atoms with Gasteiger partial charge in [0.1, 0.15) is 12.8 Å². The molecule has 0 bridgehead atoms. The van der Waals surface area contributed by atoms with Gasteiger partial charge in [0, 0.05) is 16.1 Å². The molecular weight excluding hydrogens is 292 g/mol. The summed E-state index contributed by atoms with van der Waals surface area (Å²) in [5, 5.41) is 4.81. The maximum atomic E-state index is 6.05. The summed E-state index contributed by atoms with van der Waals surface area (Å²) in [6, 6.07) is 13.6. The van der Waals surface area contributed by atoms with Gasteiger partial charge in [0.25, 0.3) is 0 Å². The van der Waals surface area contributed by atoms with E-state index in [1.54, 1.807) is 11.3 Å². The van der Waals surface area contributed by atoms with Crippen molar-refractivity contribution in [1.29, 1.82) is 0 Å². The van der Waals surface area contributed by atoms with Gasteiger partial charge in [-0.3, -0.25) is 0 Å². The Hall–Kier alpha value is -1.91. The number of hydrogen-bond donors (Lipinski definition) is 0. The van der Waals surface area contributed by atoms with Crippen LogP contribution in [0.15, 0.2) is 53.1 Å². The molecule has 0 fully saturated rings. The van der Waals surface area contributed by atoms with Crippen molar-refractivity contribution in [3.8, 4) is 0 Å². The van der Waals surface area contributed by atoms with Crippen molar-refractivity contribution >= 4 is 38.9 Å². The van der Waals surface area contributed by atoms with Gasteiger partial charge in [-0.25, -0.2) is 4.98 Å². The maximum absolute atomic E-state index is 6.05. The second-order valence-corrected chi connectivity index (χ2v) is 5.49. The van der Waals surface area contributed by atoms with Crippen LogP contribution in [0.2, 0.25) is 5.02 Å². The minimum Gasteiger partial charge on any atom is -0.399 e. The highest BCUT2D eigenvalue weighted by Crippen LogP contribution is 2.22. The number of rotatable bonds is 3. The fourth-order valence-electron chi connectivity index (χ4n) is 2.00. The molecule has 0 unspecified atom stereocenters. The van der Waals surface area contributed by atoms with Crippen LogP contribution >= 0.6 is 22.9 Å². The first kappa shape index (κ1) is 13.1. The Morgan fingerprint density at radius 3 is 2.85 bits per heavy atom. The summed E-state index contributed by atoms with van der Waals surface area (Å²) in [5.41, 5.74) is 5.47. The van der Waals surface area contributed by atoms with Crippen LogP contribution in [-0.2, 0) is 4.84 Å². The molecule has 3 rings (SSSR count). The molecule has 0 spiro atoms. The van der Waals surface area contributed by atoms with Gasteiger partial charge < -0.3 is 4.84 Å². The van der Waals surface area contributed by atoms with E-state index in [1.165, 1.54) is 7.11 Å². The molecule has 0 atom stereocenters. The first-order valence-electron chi connectivity index (χ1n) is 5.98. The van der Waals surface area contributed by atoms with Crippen LogP contribution in [0.25, 0.3) is 10.2 Å². The van der Waals surface area contributed by atoms with Crippen LogP contribution < -0.4 is 0 Å². The van der Waals surface area contributed by atoms with Crippen LogP contribution in [0.4, 0.5) is 0 Å². The van der Waals surface area contributed by atoms with Crippen molar-refractivity contribution in [2.24, 2.45) is 5.16 Å². The minimum absolute atomic E-state index is 0.671. The Morgan fingerprint density at radius 2 is 2.05 bits per heavy atom. The average molecular weight is 303 g/mol. The second kappa shape index (κ2) is 5.61. The molecule has 3 nitrogen and oxygen atoms in total. The highest BCUT2D eigenvalue weighted by Gasteiger charge is 2.10. The molecule has 100 valence electrons. The van der Waals surface area contributed by atoms with Gasteiger partial charge in [0.2, 0.25) is 0 Å². The van der Waals surface area contributed by atoms with Crippen molar-refractivity contribution in [1.82, 2.24) is 4.98 Å². The van der Waals surface area contributed by atoms with E-state index in [0.29, 0.717) is 5.02 Å². The zero-order chi connectivity index (χ0) is 13.9. The van der Waals surface area contributed by atoms with Crippen LogP contribution in [0, 0.1) is 0 Å². The predicted octanol–water partition coefficient (Wildman–Crippen LogP) is 4.35. The maximum Gasteiger partial charge on any atom is 0.117 e. The Balaban J connectivity index is 2.13. The Bertz CT molecular complexity index is 782. The Labute approximate surface area is 125 Å².